The van der Waals surface area contributed by atoms with Gasteiger partial charge in [-0.1, -0.05) is 70.4 Å². The zero-order valence-corrected chi connectivity index (χ0v) is 15.1. The highest BCUT2D eigenvalue weighted by Gasteiger charge is 2.35. The van der Waals surface area contributed by atoms with Crippen molar-refractivity contribution in [3.05, 3.63) is 35.9 Å². The maximum Gasteiger partial charge on any atom is 0.222 e. The largest absolute Gasteiger partial charge is 0.342 e. The van der Waals surface area contributed by atoms with Crippen LogP contribution in [0, 0.1) is 11.8 Å². The first-order valence-electron chi connectivity index (χ1n) is 9.44. The molecule has 23 heavy (non-hydrogen) atoms. The molecule has 1 amide bonds. The molecule has 128 valence electrons. The van der Waals surface area contributed by atoms with E-state index in [-0.39, 0.29) is 0 Å². The van der Waals surface area contributed by atoms with Crippen LogP contribution in [0.3, 0.4) is 0 Å². The molecular weight excluding hydrogens is 282 g/mol. The molecule has 0 saturated carbocycles. The standard InChI is InChI=1S/C21H33NO/c1-4-20(18-12-8-6-9-13-18)19-15-22(16-19)21(23)14-10-5-7-11-17(2)3/h6,8-9,12-13,17,19-20H,4-5,7,10-11,14-16H2,1-3H3. The van der Waals surface area contributed by atoms with Gasteiger partial charge in [0.05, 0.1) is 0 Å². The maximum atomic E-state index is 12.2. The lowest BCUT2D eigenvalue weighted by molar-refractivity contribution is -0.138. The van der Waals surface area contributed by atoms with E-state index in [9.17, 15) is 4.79 Å². The molecular formula is C21H33NO. The summed E-state index contributed by atoms with van der Waals surface area (Å²) in [4.78, 5) is 14.3. The van der Waals surface area contributed by atoms with E-state index in [0.717, 1.165) is 38.3 Å². The van der Waals surface area contributed by atoms with E-state index < -0.39 is 0 Å². The Labute approximate surface area is 142 Å². The number of carbonyl (C=O) groups is 1. The Balaban J connectivity index is 1.68. The second kappa shape index (κ2) is 9.10. The normalized spacial score (nSPS) is 16.4. The van der Waals surface area contributed by atoms with E-state index >= 15 is 0 Å². The summed E-state index contributed by atoms with van der Waals surface area (Å²) in [7, 11) is 0. The minimum absolute atomic E-state index is 0.369. The Morgan fingerprint density at radius 3 is 2.43 bits per heavy atom. The Bertz CT molecular complexity index is 462. The van der Waals surface area contributed by atoms with Crippen molar-refractivity contribution in [3.8, 4) is 0 Å². The van der Waals surface area contributed by atoms with E-state index in [4.69, 9.17) is 0 Å². The fraction of sp³-hybridized carbons (Fsp3) is 0.667. The van der Waals surface area contributed by atoms with Gasteiger partial charge in [-0.2, -0.15) is 0 Å². The van der Waals surface area contributed by atoms with Crippen LogP contribution in [-0.4, -0.2) is 23.9 Å². The van der Waals surface area contributed by atoms with E-state index in [1.807, 2.05) is 0 Å². The van der Waals surface area contributed by atoms with Crippen molar-refractivity contribution in [1.29, 1.82) is 0 Å². The molecule has 2 nitrogen and oxygen atoms in total. The number of benzene rings is 1. The zero-order chi connectivity index (χ0) is 16.7. The first-order chi connectivity index (χ1) is 11.1. The van der Waals surface area contributed by atoms with E-state index in [1.165, 1.54) is 24.8 Å². The van der Waals surface area contributed by atoms with Crippen LogP contribution in [0.25, 0.3) is 0 Å². The molecule has 2 heteroatoms. The van der Waals surface area contributed by atoms with Gasteiger partial charge >= 0.3 is 0 Å². The summed E-state index contributed by atoms with van der Waals surface area (Å²) in [5.74, 6) is 2.40. The van der Waals surface area contributed by atoms with Crippen LogP contribution in [0.15, 0.2) is 30.3 Å². The first kappa shape index (κ1) is 18.0. The molecule has 1 aromatic rings. The Hall–Kier alpha value is -1.31. The minimum atomic E-state index is 0.369. The van der Waals surface area contributed by atoms with Crippen molar-refractivity contribution in [2.45, 2.75) is 65.2 Å². The number of carbonyl (C=O) groups excluding carboxylic acids is 1. The third kappa shape index (κ3) is 5.37. The highest BCUT2D eigenvalue weighted by Crippen LogP contribution is 2.34. The van der Waals surface area contributed by atoms with Crippen LogP contribution >= 0.6 is 0 Å². The molecule has 0 aliphatic carbocycles. The quantitative estimate of drug-likeness (QED) is 0.570. The van der Waals surface area contributed by atoms with Gasteiger partial charge in [0.25, 0.3) is 0 Å². The predicted octanol–water partition coefficient (Wildman–Crippen LogP) is 5.25. The van der Waals surface area contributed by atoms with E-state index in [1.54, 1.807) is 0 Å². The predicted molar refractivity (Wildman–Crippen MR) is 97.5 cm³/mol. The van der Waals surface area contributed by atoms with Gasteiger partial charge in [-0.25, -0.2) is 0 Å². The Kier molecular flexibility index (Phi) is 7.14. The van der Waals surface area contributed by atoms with Gasteiger partial charge in [-0.05, 0) is 30.2 Å². The number of hydrogen-bond donors (Lipinski definition) is 0. The molecule has 1 aromatic carbocycles. The topological polar surface area (TPSA) is 20.3 Å². The Morgan fingerprint density at radius 1 is 1.13 bits per heavy atom. The fourth-order valence-electron chi connectivity index (χ4n) is 3.68. The van der Waals surface area contributed by atoms with Crippen molar-refractivity contribution in [3.63, 3.8) is 0 Å². The van der Waals surface area contributed by atoms with Crippen molar-refractivity contribution in [2.24, 2.45) is 11.8 Å². The van der Waals surface area contributed by atoms with Crippen LogP contribution in [0.5, 0.6) is 0 Å². The van der Waals surface area contributed by atoms with Gasteiger partial charge in [0.2, 0.25) is 5.91 Å². The molecule has 0 spiro atoms. The average molecular weight is 316 g/mol. The summed E-state index contributed by atoms with van der Waals surface area (Å²) < 4.78 is 0. The summed E-state index contributed by atoms with van der Waals surface area (Å²) in [5.41, 5.74) is 1.43. The molecule has 1 atom stereocenters. The van der Waals surface area contributed by atoms with Crippen molar-refractivity contribution in [1.82, 2.24) is 4.90 Å². The van der Waals surface area contributed by atoms with Crippen LogP contribution in [0.1, 0.15) is 70.8 Å². The lowest BCUT2D eigenvalue weighted by Crippen LogP contribution is -2.52. The SMILES string of the molecule is CCC(c1ccccc1)C1CN(C(=O)CCCCCC(C)C)C1. The molecule has 0 aromatic heterocycles. The molecule has 1 aliphatic heterocycles. The number of hydrogen-bond acceptors (Lipinski definition) is 1. The number of nitrogens with zero attached hydrogens (tertiary/aromatic N) is 1. The van der Waals surface area contributed by atoms with Gasteiger partial charge in [0, 0.05) is 25.4 Å². The molecule has 1 fully saturated rings. The second-order valence-corrected chi connectivity index (χ2v) is 7.48. The van der Waals surface area contributed by atoms with Crippen LogP contribution in [0.2, 0.25) is 0 Å². The van der Waals surface area contributed by atoms with Gasteiger partial charge in [-0.15, -0.1) is 0 Å². The fourth-order valence-corrected chi connectivity index (χ4v) is 3.68. The van der Waals surface area contributed by atoms with Crippen molar-refractivity contribution >= 4 is 5.91 Å². The summed E-state index contributed by atoms with van der Waals surface area (Å²) in [5, 5.41) is 0. The zero-order valence-electron chi connectivity index (χ0n) is 15.1. The van der Waals surface area contributed by atoms with Gasteiger partial charge in [-0.3, -0.25) is 4.79 Å². The molecule has 0 bridgehead atoms. The highest BCUT2D eigenvalue weighted by atomic mass is 16.2. The summed E-state index contributed by atoms with van der Waals surface area (Å²) in [6.07, 6.45) is 6.71. The summed E-state index contributed by atoms with van der Waals surface area (Å²) >= 11 is 0. The molecule has 0 radical (unpaired) electrons. The number of amides is 1. The number of likely N-dealkylation sites (tertiary alicyclic amines) is 1. The van der Waals surface area contributed by atoms with Crippen LogP contribution in [0.4, 0.5) is 0 Å². The van der Waals surface area contributed by atoms with Crippen LogP contribution in [-0.2, 0) is 4.79 Å². The minimum Gasteiger partial charge on any atom is -0.342 e. The third-order valence-corrected chi connectivity index (χ3v) is 5.17. The highest BCUT2D eigenvalue weighted by molar-refractivity contribution is 5.77. The van der Waals surface area contributed by atoms with E-state index in [2.05, 4.69) is 56.0 Å². The molecule has 0 N–H and O–H groups in total. The molecule has 2 rings (SSSR count). The molecule has 1 saturated heterocycles. The van der Waals surface area contributed by atoms with Gasteiger partial charge in [0.15, 0.2) is 0 Å². The summed E-state index contributed by atoms with van der Waals surface area (Å²) in [6, 6.07) is 10.8. The second-order valence-electron chi connectivity index (χ2n) is 7.48. The number of unbranched alkanes of at least 4 members (excludes halogenated alkanes) is 2. The lowest BCUT2D eigenvalue weighted by Gasteiger charge is -2.43. The van der Waals surface area contributed by atoms with E-state index in [0.29, 0.717) is 17.7 Å². The third-order valence-electron chi connectivity index (χ3n) is 5.17. The van der Waals surface area contributed by atoms with Gasteiger partial charge in [0.1, 0.15) is 0 Å². The van der Waals surface area contributed by atoms with Crippen molar-refractivity contribution < 1.29 is 4.79 Å². The van der Waals surface area contributed by atoms with Gasteiger partial charge < -0.3 is 4.90 Å². The monoisotopic (exact) mass is 315 g/mol. The van der Waals surface area contributed by atoms with Crippen LogP contribution < -0.4 is 0 Å². The average Bonchev–Trinajstić information content (AvgIpc) is 2.50. The number of rotatable bonds is 9. The molecule has 1 unspecified atom stereocenters. The first-order valence-corrected chi connectivity index (χ1v) is 9.44. The molecule has 1 heterocycles. The Morgan fingerprint density at radius 2 is 1.83 bits per heavy atom. The van der Waals surface area contributed by atoms with Crippen molar-refractivity contribution in [2.75, 3.05) is 13.1 Å². The smallest absolute Gasteiger partial charge is 0.222 e. The summed E-state index contributed by atoms with van der Waals surface area (Å²) in [6.45, 7) is 8.71. The molecule has 1 aliphatic rings. The maximum absolute atomic E-state index is 12.2. The lowest BCUT2D eigenvalue weighted by atomic mass is 9.79.